The average Bonchev–Trinajstić information content (AvgIpc) is 2.61. The Morgan fingerprint density at radius 1 is 1.56 bits per heavy atom. The zero-order valence-corrected chi connectivity index (χ0v) is 8.60. The third-order valence-electron chi connectivity index (χ3n) is 1.53. The lowest BCUT2D eigenvalue weighted by Crippen LogP contribution is -2.24. The predicted molar refractivity (Wildman–Crippen MR) is 54.2 cm³/mol. The van der Waals surface area contributed by atoms with E-state index < -0.39 is 18.5 Å². The number of furan rings is 1. The largest absolute Gasteiger partial charge is 0.479 e. The summed E-state index contributed by atoms with van der Waals surface area (Å²) in [6.45, 7) is 1.20. The summed E-state index contributed by atoms with van der Waals surface area (Å²) < 4.78 is 5.17. The number of nitrogens with one attached hydrogen (secondary N) is 1. The number of carboxylic acids is 1. The molecule has 0 spiro atoms. The molecule has 0 bridgehead atoms. The van der Waals surface area contributed by atoms with Gasteiger partial charge in [-0.3, -0.25) is 9.63 Å². The van der Waals surface area contributed by atoms with Gasteiger partial charge in [0.25, 0.3) is 5.91 Å². The van der Waals surface area contributed by atoms with Gasteiger partial charge in [-0.05, 0) is 25.1 Å². The van der Waals surface area contributed by atoms with Gasteiger partial charge in [-0.2, -0.15) is 0 Å². The van der Waals surface area contributed by atoms with Crippen molar-refractivity contribution in [3.05, 3.63) is 29.7 Å². The van der Waals surface area contributed by atoms with E-state index in [0.717, 1.165) is 5.76 Å². The number of hydrogen-bond acceptors (Lipinski definition) is 4. The Hall–Kier alpha value is -2.08. The molecule has 1 amide bonds. The molecular weight excluding hydrogens is 214 g/mol. The van der Waals surface area contributed by atoms with Crippen molar-refractivity contribution < 1.29 is 24.0 Å². The SMILES string of the molecule is Cc1ccc(C=CC(=O)NOCC(=O)O)o1. The smallest absolute Gasteiger partial charge is 0.332 e. The van der Waals surface area contributed by atoms with Crippen molar-refractivity contribution in [3.63, 3.8) is 0 Å². The van der Waals surface area contributed by atoms with Gasteiger partial charge >= 0.3 is 5.97 Å². The van der Waals surface area contributed by atoms with Gasteiger partial charge in [0.15, 0.2) is 6.61 Å². The van der Waals surface area contributed by atoms with E-state index in [1.54, 1.807) is 19.1 Å². The van der Waals surface area contributed by atoms with E-state index >= 15 is 0 Å². The first-order chi connectivity index (χ1) is 7.58. The van der Waals surface area contributed by atoms with Crippen LogP contribution in [-0.4, -0.2) is 23.6 Å². The van der Waals surface area contributed by atoms with E-state index in [-0.39, 0.29) is 0 Å². The third-order valence-corrected chi connectivity index (χ3v) is 1.53. The van der Waals surface area contributed by atoms with Gasteiger partial charge < -0.3 is 9.52 Å². The number of carbonyl (C=O) groups is 2. The average molecular weight is 225 g/mol. The van der Waals surface area contributed by atoms with Crippen LogP contribution in [0.2, 0.25) is 0 Å². The molecule has 0 aliphatic carbocycles. The minimum absolute atomic E-state index is 0.533. The highest BCUT2D eigenvalue weighted by Gasteiger charge is 1.99. The van der Waals surface area contributed by atoms with Crippen LogP contribution in [0.25, 0.3) is 6.08 Å². The summed E-state index contributed by atoms with van der Waals surface area (Å²) in [5.74, 6) is -0.450. The Labute approximate surface area is 91.5 Å². The minimum atomic E-state index is -1.16. The summed E-state index contributed by atoms with van der Waals surface area (Å²) >= 11 is 0. The molecule has 0 unspecified atom stereocenters. The van der Waals surface area contributed by atoms with Crippen LogP contribution >= 0.6 is 0 Å². The molecule has 1 rings (SSSR count). The van der Waals surface area contributed by atoms with Crippen LogP contribution < -0.4 is 5.48 Å². The molecule has 6 heteroatoms. The topological polar surface area (TPSA) is 88.8 Å². The van der Waals surface area contributed by atoms with Crippen molar-refractivity contribution in [2.24, 2.45) is 0 Å². The normalized spacial score (nSPS) is 10.6. The van der Waals surface area contributed by atoms with Gasteiger partial charge in [-0.15, -0.1) is 0 Å². The fraction of sp³-hybridized carbons (Fsp3) is 0.200. The molecule has 1 aromatic heterocycles. The molecule has 86 valence electrons. The van der Waals surface area contributed by atoms with E-state index in [0.29, 0.717) is 5.76 Å². The van der Waals surface area contributed by atoms with Crippen LogP contribution in [-0.2, 0) is 14.4 Å². The standard InChI is InChI=1S/C10H11NO5/c1-7-2-3-8(16-7)4-5-9(12)11-15-6-10(13)14/h2-5H,6H2,1H3,(H,11,12)(H,13,14). The third kappa shape index (κ3) is 4.43. The first-order valence-corrected chi connectivity index (χ1v) is 4.46. The summed E-state index contributed by atoms with van der Waals surface area (Å²) in [5, 5.41) is 8.23. The van der Waals surface area contributed by atoms with Crippen LogP contribution in [0, 0.1) is 6.92 Å². The second-order valence-corrected chi connectivity index (χ2v) is 2.93. The minimum Gasteiger partial charge on any atom is -0.479 e. The van der Waals surface area contributed by atoms with Crippen LogP contribution in [0.1, 0.15) is 11.5 Å². The number of amides is 1. The molecule has 0 saturated carbocycles. The molecule has 16 heavy (non-hydrogen) atoms. The first kappa shape index (κ1) is 12.0. The highest BCUT2D eigenvalue weighted by atomic mass is 16.7. The van der Waals surface area contributed by atoms with Crippen molar-refractivity contribution in [1.29, 1.82) is 0 Å². The molecular formula is C10H11NO5. The molecule has 2 N–H and O–H groups in total. The zero-order chi connectivity index (χ0) is 12.0. The fourth-order valence-corrected chi connectivity index (χ4v) is 0.904. The maximum atomic E-state index is 11.0. The lowest BCUT2D eigenvalue weighted by atomic mass is 10.4. The predicted octanol–water partition coefficient (Wildman–Crippen LogP) is 0.734. The quantitative estimate of drug-likeness (QED) is 0.569. The van der Waals surface area contributed by atoms with Crippen LogP contribution in [0.5, 0.6) is 0 Å². The van der Waals surface area contributed by atoms with E-state index in [1.165, 1.54) is 12.2 Å². The van der Waals surface area contributed by atoms with Gasteiger partial charge in [-0.1, -0.05) is 0 Å². The maximum absolute atomic E-state index is 11.0. The Balaban J connectivity index is 2.34. The Bertz CT molecular complexity index is 407. The van der Waals surface area contributed by atoms with E-state index in [9.17, 15) is 9.59 Å². The fourth-order valence-electron chi connectivity index (χ4n) is 0.904. The van der Waals surface area contributed by atoms with Crippen molar-refractivity contribution >= 4 is 18.0 Å². The maximum Gasteiger partial charge on any atom is 0.332 e. The molecule has 0 atom stereocenters. The molecule has 0 saturated heterocycles. The molecule has 0 aliphatic rings. The molecule has 1 aromatic rings. The van der Waals surface area contributed by atoms with Gasteiger partial charge in [0, 0.05) is 6.08 Å². The van der Waals surface area contributed by atoms with E-state index in [4.69, 9.17) is 9.52 Å². The molecule has 0 aliphatic heterocycles. The Morgan fingerprint density at radius 3 is 2.88 bits per heavy atom. The van der Waals surface area contributed by atoms with Crippen molar-refractivity contribution in [2.75, 3.05) is 6.61 Å². The zero-order valence-electron chi connectivity index (χ0n) is 8.60. The summed E-state index contributed by atoms with van der Waals surface area (Å²) in [6.07, 6.45) is 2.63. The van der Waals surface area contributed by atoms with Gasteiger partial charge in [0.05, 0.1) is 0 Å². The van der Waals surface area contributed by atoms with Crippen LogP contribution in [0.4, 0.5) is 0 Å². The second kappa shape index (κ2) is 5.72. The number of hydroxylamine groups is 1. The van der Waals surface area contributed by atoms with Crippen LogP contribution in [0.15, 0.2) is 22.6 Å². The monoisotopic (exact) mass is 225 g/mol. The second-order valence-electron chi connectivity index (χ2n) is 2.93. The Morgan fingerprint density at radius 2 is 2.31 bits per heavy atom. The first-order valence-electron chi connectivity index (χ1n) is 4.46. The molecule has 0 aromatic carbocycles. The summed E-state index contributed by atoms with van der Waals surface area (Å²) in [7, 11) is 0. The molecule has 0 radical (unpaired) electrons. The molecule has 6 nitrogen and oxygen atoms in total. The molecule has 1 heterocycles. The van der Waals surface area contributed by atoms with Crippen molar-refractivity contribution in [1.82, 2.24) is 5.48 Å². The van der Waals surface area contributed by atoms with Crippen molar-refractivity contribution in [2.45, 2.75) is 6.92 Å². The van der Waals surface area contributed by atoms with E-state index in [2.05, 4.69) is 4.84 Å². The Kier molecular flexibility index (Phi) is 4.28. The number of hydrogen-bond donors (Lipinski definition) is 2. The lowest BCUT2D eigenvalue weighted by molar-refractivity contribution is -0.147. The number of rotatable bonds is 5. The summed E-state index contributed by atoms with van der Waals surface area (Å²) in [6, 6.07) is 3.47. The van der Waals surface area contributed by atoms with Crippen molar-refractivity contribution in [3.8, 4) is 0 Å². The van der Waals surface area contributed by atoms with Gasteiger partial charge in [-0.25, -0.2) is 10.3 Å². The van der Waals surface area contributed by atoms with E-state index in [1.807, 2.05) is 5.48 Å². The number of carboxylic acid groups (broad SMARTS) is 1. The lowest BCUT2D eigenvalue weighted by Gasteiger charge is -1.98. The number of carbonyl (C=O) groups excluding carboxylic acids is 1. The van der Waals surface area contributed by atoms with Crippen LogP contribution in [0.3, 0.4) is 0 Å². The number of aliphatic carboxylic acids is 1. The highest BCUT2D eigenvalue weighted by molar-refractivity contribution is 5.90. The highest BCUT2D eigenvalue weighted by Crippen LogP contribution is 2.07. The number of aryl methyl sites for hydroxylation is 1. The molecule has 0 fully saturated rings. The van der Waals surface area contributed by atoms with Gasteiger partial charge in [0.1, 0.15) is 11.5 Å². The van der Waals surface area contributed by atoms with Gasteiger partial charge in [0.2, 0.25) is 0 Å². The summed E-state index contributed by atoms with van der Waals surface area (Å²) in [5.41, 5.74) is 1.94. The summed E-state index contributed by atoms with van der Waals surface area (Å²) in [4.78, 5) is 25.5.